The highest BCUT2D eigenvalue weighted by atomic mass is 32.2. The normalized spacial score (nSPS) is 23.6. The van der Waals surface area contributed by atoms with Crippen molar-refractivity contribution in [1.82, 2.24) is 24.1 Å². The van der Waals surface area contributed by atoms with Crippen LogP contribution >= 0.6 is 0 Å². The molecule has 140 valence electrons. The van der Waals surface area contributed by atoms with Gasteiger partial charge in [0.05, 0.1) is 11.4 Å². The third-order valence-electron chi connectivity index (χ3n) is 5.40. The van der Waals surface area contributed by atoms with Crippen LogP contribution in [0.25, 0.3) is 5.82 Å². The summed E-state index contributed by atoms with van der Waals surface area (Å²) in [6, 6.07) is 3.98. The topological polar surface area (TPSA) is 84.2 Å². The second-order valence-corrected chi connectivity index (χ2v) is 9.47. The van der Waals surface area contributed by atoms with Crippen molar-refractivity contribution in [3.63, 3.8) is 0 Å². The van der Waals surface area contributed by atoms with E-state index < -0.39 is 10.0 Å². The van der Waals surface area contributed by atoms with Gasteiger partial charge in [-0.15, -0.1) is 0 Å². The zero-order chi connectivity index (χ0) is 18.5. The molecule has 0 aliphatic carbocycles. The lowest BCUT2D eigenvalue weighted by atomic mass is 10.0. The summed E-state index contributed by atoms with van der Waals surface area (Å²) in [7, 11) is -3.09. The largest absolute Gasteiger partial charge is 0.356 e. The molecular formula is C17H24N6O2S. The molecule has 0 spiro atoms. The van der Waals surface area contributed by atoms with Gasteiger partial charge in [-0.3, -0.25) is 0 Å². The number of aromatic nitrogens is 4. The van der Waals surface area contributed by atoms with E-state index in [4.69, 9.17) is 0 Å². The summed E-state index contributed by atoms with van der Waals surface area (Å²) in [5.74, 6) is 2.54. The van der Waals surface area contributed by atoms with Gasteiger partial charge in [-0.1, -0.05) is 0 Å². The molecule has 4 heterocycles. The smallest absolute Gasteiger partial charge is 0.213 e. The van der Waals surface area contributed by atoms with Crippen LogP contribution in [0, 0.1) is 25.7 Å². The Hall–Kier alpha value is -2.00. The Balaban J connectivity index is 1.51. The highest BCUT2D eigenvalue weighted by molar-refractivity contribution is 7.89. The molecule has 2 saturated heterocycles. The molecule has 26 heavy (non-hydrogen) atoms. The van der Waals surface area contributed by atoms with Gasteiger partial charge >= 0.3 is 0 Å². The fourth-order valence-corrected chi connectivity index (χ4v) is 5.24. The summed E-state index contributed by atoms with van der Waals surface area (Å²) in [6.45, 7) is 8.56. The zero-order valence-electron chi connectivity index (χ0n) is 15.3. The van der Waals surface area contributed by atoms with Crippen LogP contribution in [0.5, 0.6) is 0 Å². The first kappa shape index (κ1) is 17.4. The Kier molecular flexibility index (Phi) is 4.23. The molecule has 2 atom stereocenters. The maximum absolute atomic E-state index is 12.1. The van der Waals surface area contributed by atoms with Crippen LogP contribution in [-0.2, 0) is 10.0 Å². The maximum atomic E-state index is 12.1. The fourth-order valence-electron chi connectivity index (χ4n) is 4.03. The van der Waals surface area contributed by atoms with Crippen molar-refractivity contribution in [2.75, 3.05) is 36.8 Å². The molecule has 4 rings (SSSR count). The van der Waals surface area contributed by atoms with Crippen LogP contribution in [-0.4, -0.2) is 64.4 Å². The average molecular weight is 376 g/mol. The van der Waals surface area contributed by atoms with E-state index in [9.17, 15) is 8.42 Å². The highest BCUT2D eigenvalue weighted by Crippen LogP contribution is 2.34. The van der Waals surface area contributed by atoms with Crippen molar-refractivity contribution in [2.24, 2.45) is 11.8 Å². The van der Waals surface area contributed by atoms with Crippen molar-refractivity contribution in [3.8, 4) is 5.82 Å². The van der Waals surface area contributed by atoms with E-state index in [1.165, 1.54) is 0 Å². The van der Waals surface area contributed by atoms with Crippen LogP contribution in [0.1, 0.15) is 18.3 Å². The summed E-state index contributed by atoms with van der Waals surface area (Å²) in [5.41, 5.74) is 1.99. The molecule has 2 aliphatic heterocycles. The minimum Gasteiger partial charge on any atom is -0.356 e. The molecule has 0 amide bonds. The van der Waals surface area contributed by atoms with Gasteiger partial charge < -0.3 is 4.90 Å². The predicted molar refractivity (Wildman–Crippen MR) is 98.9 cm³/mol. The van der Waals surface area contributed by atoms with Gasteiger partial charge in [0.25, 0.3) is 0 Å². The second-order valence-electron chi connectivity index (χ2n) is 7.22. The first-order valence-corrected chi connectivity index (χ1v) is 10.6. The van der Waals surface area contributed by atoms with E-state index in [1.807, 2.05) is 30.7 Å². The van der Waals surface area contributed by atoms with Crippen LogP contribution in [0.4, 0.5) is 5.82 Å². The number of aryl methyl sites for hydroxylation is 2. The zero-order valence-corrected chi connectivity index (χ0v) is 16.1. The molecule has 0 aromatic carbocycles. The lowest BCUT2D eigenvalue weighted by Crippen LogP contribution is -2.34. The maximum Gasteiger partial charge on any atom is 0.213 e. The summed E-state index contributed by atoms with van der Waals surface area (Å²) in [6.07, 6.45) is 1.57. The monoisotopic (exact) mass is 376 g/mol. The molecule has 2 aliphatic rings. The van der Waals surface area contributed by atoms with Gasteiger partial charge in [-0.05, 0) is 38.7 Å². The van der Waals surface area contributed by atoms with Crippen molar-refractivity contribution < 1.29 is 8.42 Å². The number of sulfonamides is 1. The third kappa shape index (κ3) is 2.99. The molecule has 8 nitrogen and oxygen atoms in total. The number of rotatable bonds is 4. The fraction of sp³-hybridized carbons (Fsp3) is 0.588. The predicted octanol–water partition coefficient (Wildman–Crippen LogP) is 0.997. The Labute approximate surface area is 153 Å². The minimum atomic E-state index is -3.09. The summed E-state index contributed by atoms with van der Waals surface area (Å²) in [5, 5.41) is 4.49. The van der Waals surface area contributed by atoms with E-state index in [2.05, 4.69) is 20.0 Å². The van der Waals surface area contributed by atoms with Gasteiger partial charge in [0.1, 0.15) is 12.1 Å². The average Bonchev–Trinajstić information content (AvgIpc) is 3.27. The Morgan fingerprint density at radius 1 is 1.04 bits per heavy atom. The van der Waals surface area contributed by atoms with E-state index in [0.29, 0.717) is 24.9 Å². The molecule has 2 fully saturated rings. The van der Waals surface area contributed by atoms with Crippen LogP contribution in [0.3, 0.4) is 0 Å². The summed E-state index contributed by atoms with van der Waals surface area (Å²) < 4.78 is 27.7. The highest BCUT2D eigenvalue weighted by Gasteiger charge is 2.43. The Morgan fingerprint density at radius 3 is 2.27 bits per heavy atom. The molecular weight excluding hydrogens is 352 g/mol. The second kappa shape index (κ2) is 6.31. The van der Waals surface area contributed by atoms with Crippen LogP contribution < -0.4 is 4.90 Å². The van der Waals surface area contributed by atoms with Crippen LogP contribution in [0.2, 0.25) is 0 Å². The van der Waals surface area contributed by atoms with Crippen molar-refractivity contribution in [2.45, 2.75) is 20.8 Å². The molecule has 0 bridgehead atoms. The number of anilines is 1. The molecule has 2 aromatic heterocycles. The molecule has 0 radical (unpaired) electrons. The van der Waals surface area contributed by atoms with Gasteiger partial charge in [0.15, 0.2) is 5.82 Å². The molecule has 2 unspecified atom stereocenters. The minimum absolute atomic E-state index is 0.175. The number of hydrogen-bond acceptors (Lipinski definition) is 6. The van der Waals surface area contributed by atoms with Gasteiger partial charge in [-0.2, -0.15) is 5.10 Å². The van der Waals surface area contributed by atoms with Crippen molar-refractivity contribution >= 4 is 15.8 Å². The number of fused-ring (bicyclic) bond motifs is 1. The van der Waals surface area contributed by atoms with Crippen LogP contribution in [0.15, 0.2) is 18.5 Å². The van der Waals surface area contributed by atoms with Gasteiger partial charge in [0, 0.05) is 37.9 Å². The van der Waals surface area contributed by atoms with Crippen molar-refractivity contribution in [1.29, 1.82) is 0 Å². The first-order valence-electron chi connectivity index (χ1n) is 8.96. The quantitative estimate of drug-likeness (QED) is 0.791. The Morgan fingerprint density at radius 2 is 1.69 bits per heavy atom. The van der Waals surface area contributed by atoms with Gasteiger partial charge in [0.2, 0.25) is 10.0 Å². The van der Waals surface area contributed by atoms with E-state index in [-0.39, 0.29) is 5.75 Å². The first-order chi connectivity index (χ1) is 12.4. The summed E-state index contributed by atoms with van der Waals surface area (Å²) in [4.78, 5) is 11.0. The molecule has 9 heteroatoms. The standard InChI is InChI=1S/C17H24N6O2S/c1-4-26(24,25)22-9-14-7-21(8-15(14)10-22)16-6-17(19-11-18-16)23-13(3)5-12(2)20-23/h5-6,11,14-15H,4,7-10H2,1-3H3. The molecule has 0 N–H and O–H groups in total. The van der Waals surface area contributed by atoms with Gasteiger partial charge in [-0.25, -0.2) is 27.4 Å². The third-order valence-corrected chi connectivity index (χ3v) is 7.21. The number of hydrogen-bond donors (Lipinski definition) is 0. The SMILES string of the molecule is CCS(=O)(=O)N1CC2CN(c3cc(-n4nc(C)cc4C)ncn3)CC2C1. The van der Waals surface area contributed by atoms with E-state index in [0.717, 1.165) is 36.1 Å². The molecule has 2 aromatic rings. The van der Waals surface area contributed by atoms with E-state index >= 15 is 0 Å². The lowest BCUT2D eigenvalue weighted by Gasteiger charge is -2.22. The lowest BCUT2D eigenvalue weighted by molar-refractivity contribution is 0.454. The number of nitrogens with zero attached hydrogens (tertiary/aromatic N) is 6. The van der Waals surface area contributed by atoms with E-state index in [1.54, 1.807) is 17.6 Å². The Bertz CT molecular complexity index is 911. The summed E-state index contributed by atoms with van der Waals surface area (Å²) >= 11 is 0. The molecule has 0 saturated carbocycles. The van der Waals surface area contributed by atoms with Crippen molar-refractivity contribution in [3.05, 3.63) is 29.8 Å².